The number of hydrogen-bond donors (Lipinski definition) is 2. The van der Waals surface area contributed by atoms with Crippen molar-refractivity contribution < 1.29 is 13.2 Å². The first kappa shape index (κ1) is 17.6. The Labute approximate surface area is 153 Å². The minimum absolute atomic E-state index is 0.119. The van der Waals surface area contributed by atoms with Gasteiger partial charge in [-0.25, -0.2) is 13.4 Å². The molecule has 0 spiro atoms. The average molecular weight is 394 g/mol. The molecule has 2 N–H and O–H groups in total. The van der Waals surface area contributed by atoms with Crippen molar-refractivity contribution in [3.05, 3.63) is 52.2 Å². The van der Waals surface area contributed by atoms with Gasteiger partial charge in [0.1, 0.15) is 5.01 Å². The van der Waals surface area contributed by atoms with E-state index in [-0.39, 0.29) is 12.3 Å². The van der Waals surface area contributed by atoms with Crippen molar-refractivity contribution in [1.29, 1.82) is 0 Å². The van der Waals surface area contributed by atoms with Crippen LogP contribution in [0.3, 0.4) is 0 Å². The Kier molecular flexibility index (Phi) is 5.16. The molecule has 0 unspecified atom stereocenters. The van der Waals surface area contributed by atoms with E-state index in [2.05, 4.69) is 15.0 Å². The van der Waals surface area contributed by atoms with Gasteiger partial charge in [0.15, 0.2) is 0 Å². The molecule has 9 heteroatoms. The van der Waals surface area contributed by atoms with Crippen LogP contribution in [0.15, 0.2) is 46.5 Å². The lowest BCUT2D eigenvalue weighted by molar-refractivity contribution is -0.115. The molecule has 1 amide bonds. The third kappa shape index (κ3) is 4.88. The van der Waals surface area contributed by atoms with Gasteiger partial charge in [0.05, 0.1) is 29.7 Å². The number of anilines is 2. The second-order valence-corrected chi connectivity index (χ2v) is 8.69. The molecule has 1 aromatic carbocycles. The zero-order valence-electron chi connectivity index (χ0n) is 13.2. The summed E-state index contributed by atoms with van der Waals surface area (Å²) in [5, 5.41) is 9.45. The van der Waals surface area contributed by atoms with E-state index in [0.717, 1.165) is 16.8 Å². The highest BCUT2D eigenvalue weighted by molar-refractivity contribution is 7.92. The zero-order valence-corrected chi connectivity index (χ0v) is 15.7. The number of thiazole rings is 1. The SMILES string of the molecule is CS(=O)(=O)Nc1ccccc1NC(=O)Cc1csc(-c2ccsc2)n1. The van der Waals surface area contributed by atoms with E-state index >= 15 is 0 Å². The molecular weight excluding hydrogens is 378 g/mol. The summed E-state index contributed by atoms with van der Waals surface area (Å²) in [6.45, 7) is 0. The number of nitrogens with one attached hydrogen (secondary N) is 2. The molecule has 3 aromatic rings. The summed E-state index contributed by atoms with van der Waals surface area (Å²) in [5.74, 6) is -0.259. The van der Waals surface area contributed by atoms with Crippen molar-refractivity contribution in [2.75, 3.05) is 16.3 Å². The van der Waals surface area contributed by atoms with Gasteiger partial charge >= 0.3 is 0 Å². The van der Waals surface area contributed by atoms with Crippen LogP contribution >= 0.6 is 22.7 Å². The Morgan fingerprint density at radius 2 is 1.92 bits per heavy atom. The number of rotatable bonds is 6. The monoisotopic (exact) mass is 393 g/mol. The number of amides is 1. The van der Waals surface area contributed by atoms with E-state index in [4.69, 9.17) is 0 Å². The van der Waals surface area contributed by atoms with Crippen molar-refractivity contribution >= 4 is 50.0 Å². The molecule has 0 atom stereocenters. The van der Waals surface area contributed by atoms with Gasteiger partial charge in [-0.1, -0.05) is 12.1 Å². The summed E-state index contributed by atoms with van der Waals surface area (Å²) < 4.78 is 25.2. The van der Waals surface area contributed by atoms with Crippen LogP contribution in [-0.2, 0) is 21.2 Å². The number of sulfonamides is 1. The highest BCUT2D eigenvalue weighted by Crippen LogP contribution is 2.26. The summed E-state index contributed by atoms with van der Waals surface area (Å²) in [5.41, 5.74) is 2.46. The van der Waals surface area contributed by atoms with Crippen LogP contribution in [0.5, 0.6) is 0 Å². The Morgan fingerprint density at radius 1 is 1.16 bits per heavy atom. The molecule has 0 aliphatic carbocycles. The largest absolute Gasteiger partial charge is 0.324 e. The molecule has 6 nitrogen and oxygen atoms in total. The third-order valence-corrected chi connectivity index (χ3v) is 5.37. The quantitative estimate of drug-likeness (QED) is 0.672. The molecule has 25 heavy (non-hydrogen) atoms. The molecule has 0 aliphatic heterocycles. The molecule has 0 saturated carbocycles. The summed E-state index contributed by atoms with van der Waals surface area (Å²) in [6, 6.07) is 8.63. The topological polar surface area (TPSA) is 88.2 Å². The van der Waals surface area contributed by atoms with Crippen molar-refractivity contribution in [1.82, 2.24) is 4.98 Å². The molecule has 0 radical (unpaired) electrons. The molecule has 0 aliphatic rings. The second kappa shape index (κ2) is 7.34. The first-order chi connectivity index (χ1) is 11.9. The van der Waals surface area contributed by atoms with Gasteiger partial charge in [0.25, 0.3) is 0 Å². The summed E-state index contributed by atoms with van der Waals surface area (Å²) in [7, 11) is -3.43. The van der Waals surface area contributed by atoms with Gasteiger partial charge in [-0.2, -0.15) is 11.3 Å². The molecule has 3 rings (SSSR count). The van der Waals surface area contributed by atoms with E-state index in [1.807, 2.05) is 22.2 Å². The molecule has 0 bridgehead atoms. The van der Waals surface area contributed by atoms with Crippen LogP contribution in [0, 0.1) is 0 Å². The Hall–Kier alpha value is -2.23. The van der Waals surface area contributed by atoms with Crippen molar-refractivity contribution in [2.24, 2.45) is 0 Å². The summed E-state index contributed by atoms with van der Waals surface area (Å²) >= 11 is 3.09. The van der Waals surface area contributed by atoms with Gasteiger partial charge in [0.2, 0.25) is 15.9 Å². The lowest BCUT2D eigenvalue weighted by Gasteiger charge is -2.11. The standard InChI is InChI=1S/C16H15N3O3S3/c1-25(21,22)19-14-5-3-2-4-13(14)18-15(20)8-12-10-24-16(17-12)11-6-7-23-9-11/h2-7,9-10,19H,8H2,1H3,(H,18,20). The molecule has 130 valence electrons. The number of thiophene rings is 1. The lowest BCUT2D eigenvalue weighted by Crippen LogP contribution is -2.17. The van der Waals surface area contributed by atoms with E-state index in [1.54, 1.807) is 35.6 Å². The highest BCUT2D eigenvalue weighted by Gasteiger charge is 2.12. The molecule has 2 heterocycles. The van der Waals surface area contributed by atoms with Crippen LogP contribution in [0.4, 0.5) is 11.4 Å². The molecule has 2 aromatic heterocycles. The van der Waals surface area contributed by atoms with Crippen LogP contribution < -0.4 is 10.0 Å². The predicted molar refractivity (Wildman–Crippen MR) is 103 cm³/mol. The number of nitrogens with zero attached hydrogens (tertiary/aromatic N) is 1. The Bertz CT molecular complexity index is 979. The van der Waals surface area contributed by atoms with Gasteiger partial charge in [0, 0.05) is 16.3 Å². The van der Waals surface area contributed by atoms with Gasteiger partial charge in [-0.05, 0) is 23.6 Å². The number of aromatic nitrogens is 1. The lowest BCUT2D eigenvalue weighted by atomic mass is 10.2. The van der Waals surface area contributed by atoms with E-state index in [9.17, 15) is 13.2 Å². The molecular formula is C16H15N3O3S3. The van der Waals surface area contributed by atoms with Crippen LogP contribution in [0.2, 0.25) is 0 Å². The van der Waals surface area contributed by atoms with Gasteiger partial charge in [-0.3, -0.25) is 9.52 Å². The normalized spacial score (nSPS) is 11.2. The number of carbonyl (C=O) groups is 1. The number of benzene rings is 1. The van der Waals surface area contributed by atoms with Crippen LogP contribution in [-0.4, -0.2) is 25.6 Å². The minimum Gasteiger partial charge on any atom is -0.324 e. The number of carbonyl (C=O) groups excluding carboxylic acids is 1. The first-order valence-corrected chi connectivity index (χ1v) is 11.0. The van der Waals surface area contributed by atoms with Gasteiger partial charge < -0.3 is 5.32 Å². The van der Waals surface area contributed by atoms with E-state index in [1.165, 1.54) is 11.3 Å². The summed E-state index contributed by atoms with van der Waals surface area (Å²) in [6.07, 6.45) is 1.18. The van der Waals surface area contributed by atoms with Gasteiger partial charge in [-0.15, -0.1) is 11.3 Å². The van der Waals surface area contributed by atoms with Crippen molar-refractivity contribution in [2.45, 2.75) is 6.42 Å². The predicted octanol–water partition coefficient (Wildman–Crippen LogP) is 3.42. The maximum atomic E-state index is 12.3. The van der Waals surface area contributed by atoms with Crippen molar-refractivity contribution in [3.63, 3.8) is 0 Å². The van der Waals surface area contributed by atoms with Crippen LogP contribution in [0.1, 0.15) is 5.69 Å². The number of hydrogen-bond acceptors (Lipinski definition) is 6. The maximum absolute atomic E-state index is 12.3. The fraction of sp³-hybridized carbons (Fsp3) is 0.125. The van der Waals surface area contributed by atoms with Crippen LogP contribution in [0.25, 0.3) is 10.6 Å². The fourth-order valence-electron chi connectivity index (χ4n) is 2.15. The highest BCUT2D eigenvalue weighted by atomic mass is 32.2. The Morgan fingerprint density at radius 3 is 2.60 bits per heavy atom. The molecule has 0 saturated heterocycles. The fourth-order valence-corrected chi connectivity index (χ4v) is 4.26. The Balaban J connectivity index is 1.69. The summed E-state index contributed by atoms with van der Waals surface area (Å²) in [4.78, 5) is 16.7. The molecule has 0 fully saturated rings. The maximum Gasteiger partial charge on any atom is 0.230 e. The smallest absolute Gasteiger partial charge is 0.230 e. The van der Waals surface area contributed by atoms with E-state index < -0.39 is 10.0 Å². The minimum atomic E-state index is -3.43. The van der Waals surface area contributed by atoms with E-state index in [0.29, 0.717) is 17.1 Å². The average Bonchev–Trinajstić information content (AvgIpc) is 3.18. The number of para-hydroxylation sites is 2. The second-order valence-electron chi connectivity index (χ2n) is 5.30. The third-order valence-electron chi connectivity index (χ3n) is 3.16. The van der Waals surface area contributed by atoms with Crippen molar-refractivity contribution in [3.8, 4) is 10.6 Å². The first-order valence-electron chi connectivity index (χ1n) is 7.24. The zero-order chi connectivity index (χ0) is 17.9.